The first-order chi connectivity index (χ1) is 10.6. The zero-order chi connectivity index (χ0) is 15.5. The van der Waals surface area contributed by atoms with E-state index in [0.29, 0.717) is 6.54 Å². The molecule has 3 rings (SSSR count). The number of carboxylic acids is 1. The molecule has 5 heteroatoms. The molecule has 1 N–H and O–H groups in total. The van der Waals surface area contributed by atoms with Crippen molar-refractivity contribution in [2.24, 2.45) is 5.92 Å². The van der Waals surface area contributed by atoms with Crippen LogP contribution in [0.5, 0.6) is 0 Å². The van der Waals surface area contributed by atoms with Gasteiger partial charge in [0.2, 0.25) is 0 Å². The Kier molecular flexibility index (Phi) is 4.55. The van der Waals surface area contributed by atoms with Crippen molar-refractivity contribution in [2.75, 3.05) is 13.1 Å². The number of likely N-dealkylation sites (tertiary alicyclic amines) is 1. The first-order valence-electron chi connectivity index (χ1n) is 7.59. The number of carbonyl (C=O) groups is 1. The van der Waals surface area contributed by atoms with Crippen molar-refractivity contribution >= 4 is 17.3 Å². The van der Waals surface area contributed by atoms with E-state index < -0.39 is 5.97 Å². The van der Waals surface area contributed by atoms with Gasteiger partial charge in [-0.3, -0.25) is 14.7 Å². The fourth-order valence-corrected chi connectivity index (χ4v) is 4.12. The summed E-state index contributed by atoms with van der Waals surface area (Å²) in [6, 6.07) is 10.3. The molecular weight excluding hydrogens is 296 g/mol. The van der Waals surface area contributed by atoms with E-state index in [2.05, 4.69) is 28.9 Å². The molecule has 0 saturated carbocycles. The molecule has 2 unspecified atom stereocenters. The molecule has 1 aliphatic rings. The van der Waals surface area contributed by atoms with Crippen molar-refractivity contribution in [1.82, 2.24) is 9.88 Å². The monoisotopic (exact) mass is 316 g/mol. The summed E-state index contributed by atoms with van der Waals surface area (Å²) in [6.45, 7) is 3.61. The quantitative estimate of drug-likeness (QED) is 0.940. The van der Waals surface area contributed by atoms with Crippen LogP contribution in [0.2, 0.25) is 0 Å². The van der Waals surface area contributed by atoms with Gasteiger partial charge in [0, 0.05) is 22.5 Å². The van der Waals surface area contributed by atoms with Crippen molar-refractivity contribution < 1.29 is 9.90 Å². The van der Waals surface area contributed by atoms with Gasteiger partial charge in [-0.2, -0.15) is 0 Å². The minimum absolute atomic E-state index is 0.0575. The van der Waals surface area contributed by atoms with E-state index in [-0.39, 0.29) is 12.0 Å². The second kappa shape index (κ2) is 6.58. The number of aryl methyl sites for hydroxylation is 1. The highest BCUT2D eigenvalue weighted by molar-refractivity contribution is 7.12. The molecule has 0 aliphatic carbocycles. The number of rotatable bonds is 4. The van der Waals surface area contributed by atoms with Gasteiger partial charge >= 0.3 is 5.97 Å². The number of hydrogen-bond acceptors (Lipinski definition) is 4. The summed E-state index contributed by atoms with van der Waals surface area (Å²) in [4.78, 5) is 20.7. The molecule has 1 saturated heterocycles. The molecule has 4 nitrogen and oxygen atoms in total. The molecule has 116 valence electrons. The maximum Gasteiger partial charge on any atom is 0.307 e. The van der Waals surface area contributed by atoms with E-state index in [1.807, 2.05) is 18.2 Å². The Hall–Kier alpha value is -1.72. The summed E-state index contributed by atoms with van der Waals surface area (Å²) in [6.07, 6.45) is 3.50. The first kappa shape index (κ1) is 15.2. The van der Waals surface area contributed by atoms with Crippen molar-refractivity contribution in [3.63, 3.8) is 0 Å². The number of aromatic nitrogens is 1. The average molecular weight is 316 g/mol. The average Bonchev–Trinajstić information content (AvgIpc) is 2.95. The third kappa shape index (κ3) is 3.20. The number of aliphatic carboxylic acids is 1. The van der Waals surface area contributed by atoms with Gasteiger partial charge in [0.25, 0.3) is 0 Å². The number of hydrogen-bond donors (Lipinski definition) is 1. The van der Waals surface area contributed by atoms with Crippen molar-refractivity contribution in [1.29, 1.82) is 0 Å². The lowest BCUT2D eigenvalue weighted by Gasteiger charge is -2.36. The Morgan fingerprint density at radius 3 is 2.91 bits per heavy atom. The van der Waals surface area contributed by atoms with Crippen LogP contribution in [0.3, 0.4) is 0 Å². The topological polar surface area (TPSA) is 53.4 Å². The Morgan fingerprint density at radius 2 is 2.27 bits per heavy atom. The van der Waals surface area contributed by atoms with Crippen LogP contribution in [0.4, 0.5) is 0 Å². The molecule has 2 aromatic rings. The van der Waals surface area contributed by atoms with Crippen molar-refractivity contribution in [2.45, 2.75) is 25.8 Å². The highest BCUT2D eigenvalue weighted by Crippen LogP contribution is 2.35. The molecule has 1 aliphatic heterocycles. The number of piperidine rings is 1. The predicted molar refractivity (Wildman–Crippen MR) is 87.1 cm³/mol. The lowest BCUT2D eigenvalue weighted by molar-refractivity contribution is -0.143. The van der Waals surface area contributed by atoms with E-state index in [9.17, 15) is 9.90 Å². The van der Waals surface area contributed by atoms with E-state index in [1.165, 1.54) is 9.75 Å². The molecular formula is C17H20N2O2S. The summed E-state index contributed by atoms with van der Waals surface area (Å²) in [5.74, 6) is -0.965. The Labute approximate surface area is 134 Å². The fraction of sp³-hybridized carbons (Fsp3) is 0.412. The summed E-state index contributed by atoms with van der Waals surface area (Å²) in [7, 11) is 0. The molecule has 22 heavy (non-hydrogen) atoms. The zero-order valence-corrected chi connectivity index (χ0v) is 13.4. The lowest BCUT2D eigenvalue weighted by Crippen LogP contribution is -2.41. The lowest BCUT2D eigenvalue weighted by atomic mass is 9.95. The van der Waals surface area contributed by atoms with Crippen molar-refractivity contribution in [3.05, 3.63) is 52.0 Å². The van der Waals surface area contributed by atoms with Gasteiger partial charge in [-0.05, 0) is 50.6 Å². The minimum atomic E-state index is -0.688. The van der Waals surface area contributed by atoms with Crippen LogP contribution >= 0.6 is 11.3 Å². The second-order valence-electron chi connectivity index (χ2n) is 5.78. The third-order valence-electron chi connectivity index (χ3n) is 4.17. The molecule has 3 heterocycles. The fourth-order valence-electron chi connectivity index (χ4n) is 3.09. The number of pyridine rings is 1. The highest BCUT2D eigenvalue weighted by atomic mass is 32.1. The molecule has 1 fully saturated rings. The smallest absolute Gasteiger partial charge is 0.307 e. The Balaban J connectivity index is 1.93. The molecule has 2 aromatic heterocycles. The number of thiophene rings is 1. The van der Waals surface area contributed by atoms with Gasteiger partial charge in [0.15, 0.2) is 0 Å². The maximum absolute atomic E-state index is 11.4. The maximum atomic E-state index is 11.4. The summed E-state index contributed by atoms with van der Waals surface area (Å²) in [5.41, 5.74) is 0.996. The number of nitrogens with zero attached hydrogens (tertiary/aromatic N) is 2. The van der Waals surface area contributed by atoms with E-state index in [4.69, 9.17) is 0 Å². The van der Waals surface area contributed by atoms with Crippen LogP contribution in [-0.2, 0) is 4.79 Å². The van der Waals surface area contributed by atoms with Crippen molar-refractivity contribution in [3.8, 4) is 0 Å². The second-order valence-corrected chi connectivity index (χ2v) is 7.10. The van der Waals surface area contributed by atoms with E-state index in [0.717, 1.165) is 25.1 Å². The van der Waals surface area contributed by atoms with Crippen LogP contribution in [0.25, 0.3) is 0 Å². The minimum Gasteiger partial charge on any atom is -0.481 e. The molecule has 0 aromatic carbocycles. The predicted octanol–water partition coefficient (Wildman–Crippen LogP) is 3.34. The Bertz CT molecular complexity index is 641. The van der Waals surface area contributed by atoms with Gasteiger partial charge in [0.05, 0.1) is 17.7 Å². The SMILES string of the molecule is Cc1ccc(C(c2ccccn2)N2CCCC(C(=O)O)C2)s1. The van der Waals surface area contributed by atoms with Crippen LogP contribution in [-0.4, -0.2) is 34.0 Å². The van der Waals surface area contributed by atoms with Gasteiger partial charge < -0.3 is 5.11 Å². The molecule has 0 spiro atoms. The first-order valence-corrected chi connectivity index (χ1v) is 8.41. The summed E-state index contributed by atoms with van der Waals surface area (Å²) >= 11 is 1.76. The Morgan fingerprint density at radius 1 is 1.41 bits per heavy atom. The van der Waals surface area contributed by atoms with Crippen LogP contribution in [0, 0.1) is 12.8 Å². The van der Waals surface area contributed by atoms with Gasteiger partial charge in [-0.1, -0.05) is 6.07 Å². The largest absolute Gasteiger partial charge is 0.481 e. The van der Waals surface area contributed by atoms with E-state index in [1.54, 1.807) is 17.5 Å². The van der Waals surface area contributed by atoms with E-state index >= 15 is 0 Å². The third-order valence-corrected chi connectivity index (χ3v) is 5.22. The van der Waals surface area contributed by atoms with Crippen LogP contribution in [0.1, 0.15) is 34.3 Å². The normalized spacial score (nSPS) is 20.7. The van der Waals surface area contributed by atoms with Gasteiger partial charge in [-0.25, -0.2) is 0 Å². The van der Waals surface area contributed by atoms with Gasteiger partial charge in [-0.15, -0.1) is 11.3 Å². The van der Waals surface area contributed by atoms with Gasteiger partial charge in [0.1, 0.15) is 0 Å². The molecule has 0 amide bonds. The summed E-state index contributed by atoms with van der Waals surface area (Å²) < 4.78 is 0. The van der Waals surface area contributed by atoms with Crippen LogP contribution in [0.15, 0.2) is 36.5 Å². The summed E-state index contributed by atoms with van der Waals surface area (Å²) in [5, 5.41) is 9.34. The zero-order valence-electron chi connectivity index (χ0n) is 12.6. The standard InChI is InChI=1S/C17H20N2O2S/c1-12-7-8-15(22-12)16(14-6-2-3-9-18-14)19-10-4-5-13(11-19)17(20)21/h2-3,6-9,13,16H,4-5,10-11H2,1H3,(H,20,21). The highest BCUT2D eigenvalue weighted by Gasteiger charge is 2.32. The molecule has 0 bridgehead atoms. The molecule has 2 atom stereocenters. The number of carboxylic acid groups (broad SMARTS) is 1. The van der Waals surface area contributed by atoms with Crippen LogP contribution < -0.4 is 0 Å². The molecule has 0 radical (unpaired) electrons.